The third-order valence-corrected chi connectivity index (χ3v) is 1.64. The topological polar surface area (TPSA) is 26.0 Å². The monoisotopic (exact) mass is 311 g/mol. The predicted molar refractivity (Wildman–Crippen MR) is 71.1 cm³/mol. The highest BCUT2D eigenvalue weighted by Crippen LogP contribution is 2.18. The van der Waals surface area contributed by atoms with Crippen molar-refractivity contribution in [2.24, 2.45) is 0 Å². The molecule has 0 atom stereocenters. The zero-order valence-corrected chi connectivity index (χ0v) is 11.6. The van der Waals surface area contributed by atoms with Crippen LogP contribution in [0.2, 0.25) is 0 Å². The molecule has 76 valence electrons. The Kier molecular flexibility index (Phi) is 6.67. The lowest BCUT2D eigenvalue weighted by atomic mass is 10.2. The van der Waals surface area contributed by atoms with Crippen molar-refractivity contribution >= 4 is 45.3 Å². The average molecular weight is 313 g/mol. The summed E-state index contributed by atoms with van der Waals surface area (Å²) < 4.78 is 0.811. The molecule has 0 unspecified atom stereocenters. The molecule has 0 aliphatic heterocycles. The summed E-state index contributed by atoms with van der Waals surface area (Å²) in [6.45, 7) is 0. The molecular weight excluding hydrogens is 296 g/mol. The molecule has 0 amide bonds. The second-order valence-electron chi connectivity index (χ2n) is 3.61. The molecule has 1 aromatic rings. The predicted octanol–water partition coefficient (Wildman–Crippen LogP) is 2.62. The molecule has 2 N–H and O–H groups in total. The molecule has 4 heteroatoms. The average Bonchev–Trinajstić information content (AvgIpc) is 1.86. The van der Waals surface area contributed by atoms with Crippen molar-refractivity contribution in [3.05, 3.63) is 24.3 Å². The number of nitrogens with two attached hydrogens (primary N) is 1. The Morgan fingerprint density at radius 1 is 1.08 bits per heavy atom. The fourth-order valence-electron chi connectivity index (χ4n) is 0.942. The molecule has 0 fully saturated rings. The van der Waals surface area contributed by atoms with Crippen LogP contribution < -0.4 is 10.2 Å². The van der Waals surface area contributed by atoms with E-state index in [0.29, 0.717) is 0 Å². The lowest BCUT2D eigenvalue weighted by molar-refractivity contribution is 0.486. The van der Waals surface area contributed by atoms with Crippen LogP contribution in [-0.2, 0) is 0 Å². The number of anilines is 1. The van der Waals surface area contributed by atoms with Crippen LogP contribution in [0.3, 0.4) is 0 Å². The highest BCUT2D eigenvalue weighted by molar-refractivity contribution is 8.93. The summed E-state index contributed by atoms with van der Waals surface area (Å²) in [5.74, 6) is 0. The summed E-state index contributed by atoms with van der Waals surface area (Å²) in [5, 5.41) is 0. The van der Waals surface area contributed by atoms with Crippen LogP contribution in [0.4, 0.5) is 11.4 Å². The largest absolute Gasteiger partial charge is 0.399 e. The van der Waals surface area contributed by atoms with E-state index < -0.39 is 0 Å². The first-order valence-corrected chi connectivity index (χ1v) is 3.68. The van der Waals surface area contributed by atoms with Gasteiger partial charge in [-0.2, -0.15) is 0 Å². The van der Waals surface area contributed by atoms with Crippen molar-refractivity contribution in [2.45, 2.75) is 0 Å². The number of benzene rings is 1. The van der Waals surface area contributed by atoms with Gasteiger partial charge in [-0.05, 0) is 12.1 Å². The van der Waals surface area contributed by atoms with Gasteiger partial charge in [0.15, 0.2) is 0 Å². The number of nitrogens with zero attached hydrogens (tertiary/aromatic N) is 1. The molecule has 2 nitrogen and oxygen atoms in total. The molecule has 0 radical (unpaired) electrons. The minimum Gasteiger partial charge on any atom is -0.399 e. The molecular formula is C9H17Br2N2+. The molecule has 0 spiro atoms. The van der Waals surface area contributed by atoms with Gasteiger partial charge in [-0.25, -0.2) is 0 Å². The van der Waals surface area contributed by atoms with Crippen molar-refractivity contribution in [2.75, 3.05) is 26.9 Å². The Balaban J connectivity index is 0. The lowest BCUT2D eigenvalue weighted by Crippen LogP contribution is -2.34. The van der Waals surface area contributed by atoms with Gasteiger partial charge in [0, 0.05) is 11.8 Å². The maximum atomic E-state index is 5.65. The quantitative estimate of drug-likeness (QED) is 0.626. The summed E-state index contributed by atoms with van der Waals surface area (Å²) in [4.78, 5) is 0. The molecule has 0 aliphatic carbocycles. The van der Waals surface area contributed by atoms with Crippen LogP contribution in [0.25, 0.3) is 0 Å². The standard InChI is InChI=1S/C9H15N2.2BrH/c1-11(2,3)9-6-4-5-8(10)7-9;;/h4-7H,10H2,1-3H3;2*1H/q+1;;. The maximum absolute atomic E-state index is 5.65. The number of rotatable bonds is 1. The zero-order chi connectivity index (χ0) is 8.48. The van der Waals surface area contributed by atoms with E-state index in [1.807, 2.05) is 18.2 Å². The van der Waals surface area contributed by atoms with Crippen LogP contribution in [0.15, 0.2) is 24.3 Å². The number of halogens is 2. The minimum atomic E-state index is 0. The van der Waals surface area contributed by atoms with E-state index >= 15 is 0 Å². The number of nitrogen functional groups attached to an aromatic ring is 1. The van der Waals surface area contributed by atoms with E-state index in [0.717, 1.165) is 10.2 Å². The zero-order valence-electron chi connectivity index (χ0n) is 8.15. The van der Waals surface area contributed by atoms with Crippen molar-refractivity contribution < 1.29 is 0 Å². The Hall–Kier alpha value is -0.0600. The van der Waals surface area contributed by atoms with Gasteiger partial charge in [-0.3, -0.25) is 4.48 Å². The van der Waals surface area contributed by atoms with E-state index in [9.17, 15) is 0 Å². The smallest absolute Gasteiger partial charge is 0.134 e. The van der Waals surface area contributed by atoms with Crippen molar-refractivity contribution in [3.8, 4) is 0 Å². The first-order chi connectivity index (χ1) is 5.00. The van der Waals surface area contributed by atoms with Gasteiger partial charge in [0.2, 0.25) is 0 Å². The molecule has 0 bridgehead atoms. The van der Waals surface area contributed by atoms with Crippen LogP contribution in [0.5, 0.6) is 0 Å². The summed E-state index contributed by atoms with van der Waals surface area (Å²) in [7, 11) is 6.36. The van der Waals surface area contributed by atoms with Crippen LogP contribution in [0, 0.1) is 0 Å². The van der Waals surface area contributed by atoms with E-state index in [4.69, 9.17) is 5.73 Å². The molecule has 1 aromatic carbocycles. The summed E-state index contributed by atoms with van der Waals surface area (Å²) >= 11 is 0. The second kappa shape index (κ2) is 5.62. The second-order valence-corrected chi connectivity index (χ2v) is 3.61. The third-order valence-electron chi connectivity index (χ3n) is 1.64. The number of hydrogen-bond donors (Lipinski definition) is 1. The fourth-order valence-corrected chi connectivity index (χ4v) is 0.942. The SMILES string of the molecule is Br.Br.C[N+](C)(C)c1cccc(N)c1. The van der Waals surface area contributed by atoms with Gasteiger partial charge in [-0.15, -0.1) is 34.0 Å². The molecule has 0 heterocycles. The van der Waals surface area contributed by atoms with E-state index in [1.165, 1.54) is 5.69 Å². The molecule has 0 saturated heterocycles. The molecule has 13 heavy (non-hydrogen) atoms. The summed E-state index contributed by atoms with van der Waals surface area (Å²) in [6, 6.07) is 7.96. The lowest BCUT2D eigenvalue weighted by Gasteiger charge is -2.23. The molecule has 0 aliphatic rings. The highest BCUT2D eigenvalue weighted by atomic mass is 79.9. The van der Waals surface area contributed by atoms with Crippen molar-refractivity contribution in [3.63, 3.8) is 0 Å². The van der Waals surface area contributed by atoms with Gasteiger partial charge in [0.05, 0.1) is 21.1 Å². The fraction of sp³-hybridized carbons (Fsp3) is 0.333. The first kappa shape index (κ1) is 15.4. The molecule has 1 rings (SSSR count). The Morgan fingerprint density at radius 2 is 1.62 bits per heavy atom. The van der Waals surface area contributed by atoms with Crippen molar-refractivity contribution in [1.82, 2.24) is 4.48 Å². The number of hydrogen-bond acceptors (Lipinski definition) is 1. The van der Waals surface area contributed by atoms with E-state index in [-0.39, 0.29) is 34.0 Å². The summed E-state index contributed by atoms with van der Waals surface area (Å²) in [6.07, 6.45) is 0. The van der Waals surface area contributed by atoms with Crippen molar-refractivity contribution in [1.29, 1.82) is 0 Å². The number of quaternary nitrogens is 1. The first-order valence-electron chi connectivity index (χ1n) is 3.68. The minimum absolute atomic E-state index is 0. The van der Waals surface area contributed by atoms with E-state index in [1.54, 1.807) is 0 Å². The van der Waals surface area contributed by atoms with Gasteiger partial charge >= 0.3 is 0 Å². The van der Waals surface area contributed by atoms with Gasteiger partial charge in [0.25, 0.3) is 0 Å². The Morgan fingerprint density at radius 3 is 1.92 bits per heavy atom. The van der Waals surface area contributed by atoms with Gasteiger partial charge in [-0.1, -0.05) is 6.07 Å². The normalized spacial score (nSPS) is 9.77. The van der Waals surface area contributed by atoms with Crippen LogP contribution in [0.1, 0.15) is 0 Å². The maximum Gasteiger partial charge on any atom is 0.134 e. The van der Waals surface area contributed by atoms with Gasteiger partial charge in [0.1, 0.15) is 5.69 Å². The molecule has 0 aromatic heterocycles. The molecule has 0 saturated carbocycles. The van der Waals surface area contributed by atoms with E-state index in [2.05, 4.69) is 27.2 Å². The third kappa shape index (κ3) is 4.64. The highest BCUT2D eigenvalue weighted by Gasteiger charge is 2.10. The summed E-state index contributed by atoms with van der Waals surface area (Å²) in [5.41, 5.74) is 7.70. The van der Waals surface area contributed by atoms with Crippen LogP contribution in [-0.4, -0.2) is 21.1 Å². The van der Waals surface area contributed by atoms with Gasteiger partial charge < -0.3 is 5.73 Å². The Bertz CT molecular complexity index is 256. The Labute approximate surface area is 101 Å². The van der Waals surface area contributed by atoms with Crippen LogP contribution >= 0.6 is 34.0 Å².